The van der Waals surface area contributed by atoms with Crippen LogP contribution in [0.25, 0.3) is 11.3 Å². The first-order chi connectivity index (χ1) is 16.4. The summed E-state index contributed by atoms with van der Waals surface area (Å²) in [5.74, 6) is 2.05. The van der Waals surface area contributed by atoms with Crippen molar-refractivity contribution in [1.82, 2.24) is 10.3 Å². The van der Waals surface area contributed by atoms with E-state index >= 15 is 0 Å². The van der Waals surface area contributed by atoms with E-state index in [1.54, 1.807) is 6.20 Å². The zero-order chi connectivity index (χ0) is 23.8. The van der Waals surface area contributed by atoms with Gasteiger partial charge in [0.1, 0.15) is 17.6 Å². The van der Waals surface area contributed by atoms with Gasteiger partial charge in [0.15, 0.2) is 5.11 Å². The summed E-state index contributed by atoms with van der Waals surface area (Å²) >= 11 is 12.2. The largest absolute Gasteiger partial charge is 0.459 e. The zero-order valence-corrected chi connectivity index (χ0v) is 20.9. The molecule has 1 fully saturated rings. The second-order valence-corrected chi connectivity index (χ2v) is 9.65. The minimum atomic E-state index is -0.194. The van der Waals surface area contributed by atoms with Crippen molar-refractivity contribution in [2.45, 2.75) is 38.8 Å². The number of hydrogen-bond donors (Lipinski definition) is 1. The van der Waals surface area contributed by atoms with Gasteiger partial charge in [0.25, 0.3) is 0 Å². The number of nitrogens with one attached hydrogen (secondary N) is 1. The van der Waals surface area contributed by atoms with Gasteiger partial charge in [-0.3, -0.25) is 4.98 Å². The van der Waals surface area contributed by atoms with Crippen LogP contribution in [0.1, 0.15) is 54.4 Å². The standard InChI is InChI=1S/C28H26ClN3OS/c1-17(2)19-10-12-20(13-11-19)32-27(26(31-28(32)34)23-9-4-5-16-30-23)25-15-14-24(33-25)21-7-6-8-22(29)18(21)3/h4-17,26-27H,1-3H3,(H,31,34)/t26-,27+/m0/s1. The lowest BCUT2D eigenvalue weighted by Crippen LogP contribution is -2.29. The van der Waals surface area contributed by atoms with Crippen molar-refractivity contribution in [2.24, 2.45) is 0 Å². The molecule has 0 spiro atoms. The number of hydrogen-bond acceptors (Lipinski definition) is 3. The van der Waals surface area contributed by atoms with E-state index in [1.165, 1.54) is 5.56 Å². The summed E-state index contributed by atoms with van der Waals surface area (Å²) in [5, 5.41) is 4.86. The second-order valence-electron chi connectivity index (χ2n) is 8.86. The lowest BCUT2D eigenvalue weighted by molar-refractivity contribution is 0.439. The first-order valence-corrected chi connectivity index (χ1v) is 12.2. The van der Waals surface area contributed by atoms with Crippen LogP contribution in [-0.2, 0) is 0 Å². The maximum atomic E-state index is 6.48. The van der Waals surface area contributed by atoms with Crippen molar-refractivity contribution in [3.05, 3.63) is 107 Å². The smallest absolute Gasteiger partial charge is 0.174 e. The van der Waals surface area contributed by atoms with Gasteiger partial charge in [0.2, 0.25) is 0 Å². The molecule has 6 heteroatoms. The highest BCUT2D eigenvalue weighted by Crippen LogP contribution is 2.43. The number of aromatic nitrogens is 1. The van der Waals surface area contributed by atoms with Gasteiger partial charge in [0.05, 0.1) is 11.7 Å². The van der Waals surface area contributed by atoms with Crippen LogP contribution in [0.2, 0.25) is 5.02 Å². The molecule has 2 atom stereocenters. The van der Waals surface area contributed by atoms with Crippen LogP contribution in [-0.4, -0.2) is 10.1 Å². The molecular weight excluding hydrogens is 462 g/mol. The van der Waals surface area contributed by atoms with Gasteiger partial charge in [-0.1, -0.05) is 55.8 Å². The fraction of sp³-hybridized carbons (Fsp3) is 0.214. The van der Waals surface area contributed by atoms with Gasteiger partial charge in [-0.2, -0.15) is 0 Å². The number of furan rings is 1. The van der Waals surface area contributed by atoms with E-state index in [0.29, 0.717) is 11.0 Å². The van der Waals surface area contributed by atoms with Crippen LogP contribution < -0.4 is 10.2 Å². The molecule has 0 bridgehead atoms. The predicted molar refractivity (Wildman–Crippen MR) is 142 cm³/mol. The fourth-order valence-corrected chi connectivity index (χ4v) is 4.99. The third kappa shape index (κ3) is 4.10. The maximum Gasteiger partial charge on any atom is 0.174 e. The predicted octanol–water partition coefficient (Wildman–Crippen LogP) is 7.60. The minimum Gasteiger partial charge on any atom is -0.459 e. The van der Waals surface area contributed by atoms with Crippen molar-refractivity contribution in [3.63, 3.8) is 0 Å². The third-order valence-corrected chi connectivity index (χ3v) is 7.11. The number of pyridine rings is 1. The van der Waals surface area contributed by atoms with Crippen molar-refractivity contribution < 1.29 is 4.42 Å². The Labute approximate surface area is 210 Å². The van der Waals surface area contributed by atoms with E-state index in [2.05, 4.69) is 53.3 Å². The molecule has 0 amide bonds. The average molecular weight is 488 g/mol. The molecule has 1 aliphatic rings. The molecule has 5 rings (SSSR count). The van der Waals surface area contributed by atoms with Gasteiger partial charge >= 0.3 is 0 Å². The van der Waals surface area contributed by atoms with Crippen molar-refractivity contribution >= 4 is 34.6 Å². The lowest BCUT2D eigenvalue weighted by atomic mass is 10.0. The first kappa shape index (κ1) is 22.6. The van der Waals surface area contributed by atoms with E-state index in [4.69, 9.17) is 28.2 Å². The Morgan fingerprint density at radius 3 is 2.50 bits per heavy atom. The van der Waals surface area contributed by atoms with E-state index in [1.807, 2.05) is 55.5 Å². The Morgan fingerprint density at radius 1 is 1.00 bits per heavy atom. The van der Waals surface area contributed by atoms with Crippen LogP contribution in [0.5, 0.6) is 0 Å². The molecule has 2 aromatic heterocycles. The number of rotatable bonds is 5. The Bertz CT molecular complexity index is 1320. The molecule has 0 radical (unpaired) electrons. The number of halogens is 1. The number of thiocarbonyl (C=S) groups is 1. The lowest BCUT2D eigenvalue weighted by Gasteiger charge is -2.26. The van der Waals surface area contributed by atoms with Crippen LogP contribution >= 0.6 is 23.8 Å². The van der Waals surface area contributed by atoms with Crippen LogP contribution in [0.3, 0.4) is 0 Å². The highest BCUT2D eigenvalue weighted by Gasteiger charge is 2.42. The van der Waals surface area contributed by atoms with Gasteiger partial charge in [-0.15, -0.1) is 0 Å². The summed E-state index contributed by atoms with van der Waals surface area (Å²) < 4.78 is 6.48. The molecule has 4 aromatic rings. The highest BCUT2D eigenvalue weighted by atomic mass is 35.5. The second kappa shape index (κ2) is 9.24. The number of anilines is 1. The fourth-order valence-electron chi connectivity index (χ4n) is 4.47. The van der Waals surface area contributed by atoms with Gasteiger partial charge in [-0.05, 0) is 78.7 Å². The highest BCUT2D eigenvalue weighted by molar-refractivity contribution is 7.80. The topological polar surface area (TPSA) is 41.3 Å². The molecule has 1 saturated heterocycles. The molecule has 0 unspecified atom stereocenters. The third-order valence-electron chi connectivity index (χ3n) is 6.39. The van der Waals surface area contributed by atoms with E-state index in [9.17, 15) is 0 Å². The van der Waals surface area contributed by atoms with Crippen LogP contribution in [0, 0.1) is 6.92 Å². The van der Waals surface area contributed by atoms with Crippen LogP contribution in [0.4, 0.5) is 5.69 Å². The monoisotopic (exact) mass is 487 g/mol. The van der Waals surface area contributed by atoms with Gasteiger partial charge < -0.3 is 14.6 Å². The Morgan fingerprint density at radius 2 is 1.79 bits per heavy atom. The zero-order valence-electron chi connectivity index (χ0n) is 19.3. The molecule has 2 aromatic carbocycles. The number of nitrogens with zero attached hydrogens (tertiary/aromatic N) is 2. The molecule has 1 aliphatic heterocycles. The van der Waals surface area contributed by atoms with Crippen LogP contribution in [0.15, 0.2) is 83.4 Å². The Balaban J connectivity index is 1.59. The molecular formula is C28H26ClN3OS. The summed E-state index contributed by atoms with van der Waals surface area (Å²) in [4.78, 5) is 6.75. The van der Waals surface area contributed by atoms with Crippen molar-refractivity contribution in [1.29, 1.82) is 0 Å². The Kier molecular flexibility index (Phi) is 6.15. The summed E-state index contributed by atoms with van der Waals surface area (Å²) in [7, 11) is 0. The van der Waals surface area contributed by atoms with E-state index in [0.717, 1.165) is 39.1 Å². The summed E-state index contributed by atoms with van der Waals surface area (Å²) in [6, 6.07) is 24.1. The van der Waals surface area contributed by atoms with Gasteiger partial charge in [-0.25, -0.2) is 0 Å². The van der Waals surface area contributed by atoms with Crippen molar-refractivity contribution in [3.8, 4) is 11.3 Å². The van der Waals surface area contributed by atoms with E-state index in [-0.39, 0.29) is 12.1 Å². The summed E-state index contributed by atoms with van der Waals surface area (Å²) in [6.07, 6.45) is 1.81. The molecule has 0 saturated carbocycles. The molecule has 0 aliphatic carbocycles. The SMILES string of the molecule is Cc1c(Cl)cccc1-c1ccc([C@@H]2[C@H](c3ccccn3)NC(=S)N2c2ccc(C(C)C)cc2)o1. The molecule has 3 heterocycles. The first-order valence-electron chi connectivity index (χ1n) is 11.4. The quantitative estimate of drug-likeness (QED) is 0.293. The molecule has 1 N–H and O–H groups in total. The minimum absolute atomic E-state index is 0.155. The summed E-state index contributed by atoms with van der Waals surface area (Å²) in [5.41, 5.74) is 5.19. The van der Waals surface area contributed by atoms with Gasteiger partial charge in [0, 0.05) is 22.5 Å². The normalized spacial score (nSPS) is 17.9. The molecule has 34 heavy (non-hydrogen) atoms. The summed E-state index contributed by atoms with van der Waals surface area (Å²) in [6.45, 7) is 6.39. The maximum absolute atomic E-state index is 6.48. The molecule has 172 valence electrons. The Hall–Kier alpha value is -3.15. The number of benzene rings is 2. The average Bonchev–Trinajstić information content (AvgIpc) is 3.46. The van der Waals surface area contributed by atoms with E-state index < -0.39 is 0 Å². The molecule has 4 nitrogen and oxygen atoms in total. The van der Waals surface area contributed by atoms with Crippen molar-refractivity contribution in [2.75, 3.05) is 4.90 Å².